The Morgan fingerprint density at radius 2 is 1.22 bits per heavy atom. The van der Waals surface area contributed by atoms with Crippen LogP contribution in [0.1, 0.15) is 60.3 Å². The first-order valence-corrected chi connectivity index (χ1v) is 11.8. The fraction of sp³-hybridized carbons (Fsp3) is 0.826. The molecule has 0 heterocycles. The third kappa shape index (κ3) is 26.0. The van der Waals surface area contributed by atoms with E-state index in [9.17, 15) is 19.2 Å². The van der Waals surface area contributed by atoms with Crippen molar-refractivity contribution < 1.29 is 43.0 Å². The Labute approximate surface area is 214 Å². The van der Waals surface area contributed by atoms with Gasteiger partial charge < -0.3 is 34.9 Å². The first-order chi connectivity index (χ1) is 16.6. The molecule has 4 amide bonds. The minimum atomic E-state index is -0.643. The monoisotopic (exact) mass is 522 g/mol. The molecule has 0 saturated carbocycles. The van der Waals surface area contributed by atoms with Crippen LogP contribution in [-0.2, 0) is 33.4 Å². The van der Waals surface area contributed by atoms with Crippen LogP contribution in [0.2, 0.25) is 0 Å². The highest BCUT2D eigenvalue weighted by atomic mass is 16.7. The first-order valence-electron chi connectivity index (χ1n) is 11.8. The summed E-state index contributed by atoms with van der Waals surface area (Å²) in [6.45, 7) is 8.26. The van der Waals surface area contributed by atoms with E-state index >= 15 is 0 Å². The Balaban J connectivity index is 0. The second-order valence-corrected chi connectivity index (χ2v) is 8.36. The van der Waals surface area contributed by atoms with E-state index in [1.165, 1.54) is 7.11 Å². The van der Waals surface area contributed by atoms with Crippen molar-refractivity contribution >= 4 is 24.0 Å². The van der Waals surface area contributed by atoms with Crippen molar-refractivity contribution in [2.75, 3.05) is 59.8 Å². The number of unbranched alkanes of at least 4 members (excludes halogenated alkanes) is 1. The lowest BCUT2D eigenvalue weighted by atomic mass is 10.2. The van der Waals surface area contributed by atoms with Gasteiger partial charge in [0.05, 0.1) is 40.1 Å². The zero-order valence-corrected chi connectivity index (χ0v) is 21.4. The number of alkyl carbamates (subject to hydrolysis) is 1. The van der Waals surface area contributed by atoms with Gasteiger partial charge in [0, 0.05) is 32.5 Å². The number of carbonyl (C=O) groups excluding carboxylic acids is 4. The number of carbonyl (C=O) groups is 4. The normalized spacial score (nSPS) is 10.6. The van der Waals surface area contributed by atoms with Gasteiger partial charge in [-0.3, -0.25) is 14.4 Å². The zero-order chi connectivity index (χ0) is 26.4. The van der Waals surface area contributed by atoms with Gasteiger partial charge in [-0.05, 0) is 40.0 Å². The van der Waals surface area contributed by atoms with Crippen LogP contribution in [0, 0.1) is 0 Å². The van der Waals surface area contributed by atoms with E-state index in [4.69, 9.17) is 19.0 Å². The van der Waals surface area contributed by atoms with Crippen LogP contribution in [-0.4, -0.2) is 89.4 Å². The quantitative estimate of drug-likeness (QED) is 0.146. The maximum Gasteiger partial charge on any atom is 0.431 e. The Bertz CT molecular complexity index is 613. The van der Waals surface area contributed by atoms with E-state index in [2.05, 4.69) is 26.2 Å². The standard InChI is InChI=1S/C22H42N4O9.CH4/c1-22(2,3)35-21(30)26-34-13-6-5-10-23-18(27)8-7-9-19(28)24-11-14-32-16-17-33-15-12-25-20(29)31-4;/h5-17H2,1-4H3,(H,23,27)(H,24,28)(H,25,29)(H,26,30);1H4. The summed E-state index contributed by atoms with van der Waals surface area (Å²) in [4.78, 5) is 50.8. The summed E-state index contributed by atoms with van der Waals surface area (Å²) in [5.41, 5.74) is 1.61. The van der Waals surface area contributed by atoms with Gasteiger partial charge in [0.25, 0.3) is 0 Å². The van der Waals surface area contributed by atoms with Gasteiger partial charge in [0.1, 0.15) is 5.60 Å². The fourth-order valence-corrected chi connectivity index (χ4v) is 2.40. The zero-order valence-electron chi connectivity index (χ0n) is 21.4. The molecule has 0 aromatic rings. The lowest BCUT2D eigenvalue weighted by molar-refractivity contribution is -0.122. The number of rotatable bonds is 19. The maximum absolute atomic E-state index is 11.8. The number of hydroxylamine groups is 1. The Kier molecular flexibility index (Phi) is 22.5. The van der Waals surface area contributed by atoms with E-state index in [-0.39, 0.29) is 32.1 Å². The van der Waals surface area contributed by atoms with Crippen molar-refractivity contribution in [3.63, 3.8) is 0 Å². The molecule has 0 fully saturated rings. The highest BCUT2D eigenvalue weighted by molar-refractivity contribution is 5.78. The lowest BCUT2D eigenvalue weighted by Crippen LogP contribution is -2.32. The van der Waals surface area contributed by atoms with Crippen molar-refractivity contribution in [3.05, 3.63) is 0 Å². The molecular weight excluding hydrogens is 476 g/mol. The molecule has 0 radical (unpaired) electrons. The van der Waals surface area contributed by atoms with Gasteiger partial charge in [-0.25, -0.2) is 9.59 Å². The molecule has 0 aliphatic carbocycles. The summed E-state index contributed by atoms with van der Waals surface area (Å²) >= 11 is 0. The molecule has 36 heavy (non-hydrogen) atoms. The number of methoxy groups -OCH3 is 1. The third-order valence-electron chi connectivity index (χ3n) is 4.00. The molecule has 0 aromatic heterocycles. The average Bonchev–Trinajstić information content (AvgIpc) is 2.78. The van der Waals surface area contributed by atoms with E-state index < -0.39 is 17.8 Å². The van der Waals surface area contributed by atoms with Crippen LogP contribution in [0.5, 0.6) is 0 Å². The topological polar surface area (TPSA) is 163 Å². The van der Waals surface area contributed by atoms with Crippen LogP contribution in [0.15, 0.2) is 0 Å². The number of hydrogen-bond donors (Lipinski definition) is 4. The van der Waals surface area contributed by atoms with Crippen molar-refractivity contribution in [1.29, 1.82) is 0 Å². The molecule has 0 aromatic carbocycles. The van der Waals surface area contributed by atoms with Crippen LogP contribution in [0.4, 0.5) is 9.59 Å². The molecule has 0 rings (SSSR count). The Morgan fingerprint density at radius 3 is 1.78 bits per heavy atom. The number of amides is 4. The first kappa shape index (κ1) is 35.5. The minimum absolute atomic E-state index is 0. The molecular formula is C23H46N4O9. The van der Waals surface area contributed by atoms with E-state index in [1.54, 1.807) is 20.8 Å². The molecule has 0 bridgehead atoms. The molecule has 0 unspecified atom stereocenters. The number of hydrogen-bond acceptors (Lipinski definition) is 9. The molecule has 0 aliphatic heterocycles. The second kappa shape index (κ2) is 22.8. The SMILES string of the molecule is C.COC(=O)NCCOCCOCCNC(=O)CCCC(=O)NCCCCONC(=O)OC(C)(C)C. The van der Waals surface area contributed by atoms with Gasteiger partial charge in [0.15, 0.2) is 0 Å². The molecule has 0 saturated heterocycles. The molecule has 0 spiro atoms. The van der Waals surface area contributed by atoms with Crippen LogP contribution < -0.4 is 21.4 Å². The summed E-state index contributed by atoms with van der Waals surface area (Å²) in [7, 11) is 1.29. The number of ether oxygens (including phenoxy) is 4. The molecule has 13 heteroatoms. The van der Waals surface area contributed by atoms with Gasteiger partial charge in [0.2, 0.25) is 11.8 Å². The minimum Gasteiger partial charge on any atom is -0.453 e. The van der Waals surface area contributed by atoms with E-state index in [1.807, 2.05) is 0 Å². The summed E-state index contributed by atoms with van der Waals surface area (Å²) in [5, 5.41) is 8.00. The van der Waals surface area contributed by atoms with E-state index in [0.717, 1.165) is 0 Å². The van der Waals surface area contributed by atoms with Gasteiger partial charge >= 0.3 is 12.2 Å². The van der Waals surface area contributed by atoms with Crippen molar-refractivity contribution in [2.45, 2.75) is 65.9 Å². The predicted molar refractivity (Wildman–Crippen MR) is 133 cm³/mol. The fourth-order valence-electron chi connectivity index (χ4n) is 2.40. The summed E-state index contributed by atoms with van der Waals surface area (Å²) in [5.74, 6) is -0.253. The largest absolute Gasteiger partial charge is 0.453 e. The lowest BCUT2D eigenvalue weighted by Gasteiger charge is -2.19. The van der Waals surface area contributed by atoms with Crippen molar-refractivity contribution in [2.24, 2.45) is 0 Å². The molecule has 212 valence electrons. The van der Waals surface area contributed by atoms with Gasteiger partial charge in [-0.2, -0.15) is 5.48 Å². The highest BCUT2D eigenvalue weighted by Gasteiger charge is 2.15. The summed E-state index contributed by atoms with van der Waals surface area (Å²) < 4.78 is 20.0. The van der Waals surface area contributed by atoms with Crippen LogP contribution in [0.25, 0.3) is 0 Å². The maximum atomic E-state index is 11.8. The highest BCUT2D eigenvalue weighted by Crippen LogP contribution is 2.06. The number of nitrogens with one attached hydrogen (secondary N) is 4. The van der Waals surface area contributed by atoms with Crippen LogP contribution >= 0.6 is 0 Å². The summed E-state index contributed by atoms with van der Waals surface area (Å²) in [6, 6.07) is 0. The summed E-state index contributed by atoms with van der Waals surface area (Å²) in [6.07, 6.45) is 1.17. The van der Waals surface area contributed by atoms with Crippen molar-refractivity contribution in [1.82, 2.24) is 21.4 Å². The third-order valence-corrected chi connectivity index (χ3v) is 4.00. The molecule has 4 N–H and O–H groups in total. The Hall–Kier alpha value is -2.64. The van der Waals surface area contributed by atoms with Gasteiger partial charge in [-0.1, -0.05) is 7.43 Å². The van der Waals surface area contributed by atoms with Gasteiger partial charge in [-0.15, -0.1) is 0 Å². The van der Waals surface area contributed by atoms with E-state index in [0.29, 0.717) is 71.9 Å². The molecule has 0 atom stereocenters. The smallest absolute Gasteiger partial charge is 0.431 e. The van der Waals surface area contributed by atoms with Crippen molar-refractivity contribution in [3.8, 4) is 0 Å². The predicted octanol–water partition coefficient (Wildman–Crippen LogP) is 1.65. The second-order valence-electron chi connectivity index (χ2n) is 8.36. The average molecular weight is 523 g/mol. The Morgan fingerprint density at radius 1 is 0.667 bits per heavy atom. The molecule has 13 nitrogen and oxygen atoms in total. The van der Waals surface area contributed by atoms with Crippen LogP contribution in [0.3, 0.4) is 0 Å². The molecule has 0 aliphatic rings.